The van der Waals surface area contributed by atoms with E-state index in [0.717, 1.165) is 16.9 Å². The molecule has 1 aromatic carbocycles. The fourth-order valence-corrected chi connectivity index (χ4v) is 1.93. The van der Waals surface area contributed by atoms with Crippen LogP contribution in [0.3, 0.4) is 0 Å². The second-order valence-corrected chi connectivity index (χ2v) is 4.22. The van der Waals surface area contributed by atoms with Gasteiger partial charge in [0.2, 0.25) is 5.95 Å². The first-order valence-electron chi connectivity index (χ1n) is 6.13. The Morgan fingerprint density at radius 3 is 2.65 bits per heavy atom. The summed E-state index contributed by atoms with van der Waals surface area (Å²) < 4.78 is 5.48. The van der Waals surface area contributed by atoms with Gasteiger partial charge in [0.15, 0.2) is 0 Å². The summed E-state index contributed by atoms with van der Waals surface area (Å²) in [5, 5.41) is 9.18. The molecule has 6 heteroatoms. The molecule has 1 aromatic heterocycles. The maximum Gasteiger partial charge on any atom is 0.222 e. The molecular weight excluding hydrogens is 254 g/mol. The highest BCUT2D eigenvalue weighted by Crippen LogP contribution is 2.29. The molecule has 0 unspecified atom stereocenters. The lowest BCUT2D eigenvalue weighted by atomic mass is 10.0. The van der Waals surface area contributed by atoms with E-state index in [4.69, 9.17) is 16.2 Å². The number of aryl methyl sites for hydroxylation is 1. The fourth-order valence-electron chi connectivity index (χ4n) is 1.93. The summed E-state index contributed by atoms with van der Waals surface area (Å²) in [5.41, 5.74) is 13.7. The Labute approximate surface area is 117 Å². The first kappa shape index (κ1) is 13.6. The maximum absolute atomic E-state index is 9.18. The van der Waals surface area contributed by atoms with Gasteiger partial charge in [0.1, 0.15) is 23.2 Å². The Morgan fingerprint density at radius 1 is 1.30 bits per heavy atom. The molecule has 0 saturated heterocycles. The Bertz CT molecular complexity index is 691. The summed E-state index contributed by atoms with van der Waals surface area (Å²) in [5.74, 6) is 0.925. The second-order valence-electron chi connectivity index (χ2n) is 4.22. The molecule has 1 heterocycles. The van der Waals surface area contributed by atoms with Gasteiger partial charge in [0, 0.05) is 5.56 Å². The highest BCUT2D eigenvalue weighted by Gasteiger charge is 2.14. The molecule has 0 bridgehead atoms. The zero-order valence-electron chi connectivity index (χ0n) is 11.3. The molecular formula is C14H15N5O. The van der Waals surface area contributed by atoms with Gasteiger partial charge >= 0.3 is 0 Å². The van der Waals surface area contributed by atoms with Crippen molar-refractivity contribution in [2.24, 2.45) is 0 Å². The van der Waals surface area contributed by atoms with Crippen LogP contribution in [0.2, 0.25) is 0 Å². The quantitative estimate of drug-likeness (QED) is 0.880. The van der Waals surface area contributed by atoms with Gasteiger partial charge in [-0.05, 0) is 37.6 Å². The number of nitrogen functional groups attached to an aromatic ring is 2. The summed E-state index contributed by atoms with van der Waals surface area (Å²) in [4.78, 5) is 7.91. The molecule has 0 saturated carbocycles. The first-order valence-corrected chi connectivity index (χ1v) is 6.13. The van der Waals surface area contributed by atoms with Gasteiger partial charge in [-0.3, -0.25) is 0 Å². The lowest BCUT2D eigenvalue weighted by Crippen LogP contribution is -2.05. The summed E-state index contributed by atoms with van der Waals surface area (Å²) in [6.45, 7) is 4.44. The predicted octanol–water partition coefficient (Wildman–Crippen LogP) is 1.89. The number of hydrogen-bond donors (Lipinski definition) is 2. The van der Waals surface area contributed by atoms with Gasteiger partial charge in [-0.25, -0.2) is 4.98 Å². The molecule has 0 aliphatic carbocycles. The van der Waals surface area contributed by atoms with Crippen molar-refractivity contribution in [3.05, 3.63) is 29.3 Å². The van der Waals surface area contributed by atoms with Gasteiger partial charge in [0.05, 0.1) is 12.3 Å². The molecule has 0 amide bonds. The molecule has 0 spiro atoms. The first-order chi connectivity index (χ1) is 9.56. The number of rotatable bonds is 3. The van der Waals surface area contributed by atoms with E-state index in [1.165, 1.54) is 0 Å². The average molecular weight is 269 g/mol. The Kier molecular flexibility index (Phi) is 3.71. The zero-order valence-corrected chi connectivity index (χ0v) is 11.3. The van der Waals surface area contributed by atoms with E-state index in [0.29, 0.717) is 12.3 Å². The van der Waals surface area contributed by atoms with Crippen molar-refractivity contribution in [1.29, 1.82) is 5.26 Å². The monoisotopic (exact) mass is 269 g/mol. The SMILES string of the molecule is CCOc1ccc(-c2nc(N)nc(N)c2C#N)cc1C. The third kappa shape index (κ3) is 2.47. The third-order valence-electron chi connectivity index (χ3n) is 2.81. The van der Waals surface area contributed by atoms with Gasteiger partial charge in [-0.2, -0.15) is 10.2 Å². The number of nitrogens with two attached hydrogens (primary N) is 2. The molecule has 2 rings (SSSR count). The van der Waals surface area contributed by atoms with Crippen LogP contribution in [0.5, 0.6) is 5.75 Å². The van der Waals surface area contributed by atoms with Crippen molar-refractivity contribution in [2.45, 2.75) is 13.8 Å². The number of benzene rings is 1. The highest BCUT2D eigenvalue weighted by atomic mass is 16.5. The minimum Gasteiger partial charge on any atom is -0.494 e. The van der Waals surface area contributed by atoms with Crippen LogP contribution in [0.25, 0.3) is 11.3 Å². The largest absolute Gasteiger partial charge is 0.494 e. The van der Waals surface area contributed by atoms with Crippen LogP contribution in [0, 0.1) is 18.3 Å². The number of aromatic nitrogens is 2. The van der Waals surface area contributed by atoms with Crippen LogP contribution in [0.1, 0.15) is 18.1 Å². The van der Waals surface area contributed by atoms with Crippen LogP contribution in [0.15, 0.2) is 18.2 Å². The molecule has 0 aliphatic heterocycles. The summed E-state index contributed by atoms with van der Waals surface area (Å²) in [7, 11) is 0. The van der Waals surface area contributed by atoms with Crippen molar-refractivity contribution >= 4 is 11.8 Å². The van der Waals surface area contributed by atoms with E-state index in [2.05, 4.69) is 9.97 Å². The summed E-state index contributed by atoms with van der Waals surface area (Å²) in [6, 6.07) is 7.55. The van der Waals surface area contributed by atoms with E-state index in [1.54, 1.807) is 0 Å². The molecule has 20 heavy (non-hydrogen) atoms. The standard InChI is InChI=1S/C14H15N5O/c1-3-20-11-5-4-9(6-8(11)2)12-10(7-15)13(16)19-14(17)18-12/h4-6H,3H2,1-2H3,(H4,16,17,18,19). The molecule has 0 radical (unpaired) electrons. The predicted molar refractivity (Wildman–Crippen MR) is 76.9 cm³/mol. The molecule has 102 valence electrons. The molecule has 6 nitrogen and oxygen atoms in total. The van der Waals surface area contributed by atoms with E-state index < -0.39 is 0 Å². The lowest BCUT2D eigenvalue weighted by Gasteiger charge is -2.10. The molecule has 0 aliphatic rings. The maximum atomic E-state index is 9.18. The molecule has 0 fully saturated rings. The van der Waals surface area contributed by atoms with E-state index in [-0.39, 0.29) is 17.3 Å². The molecule has 2 aromatic rings. The van der Waals surface area contributed by atoms with Gasteiger partial charge in [-0.1, -0.05) is 0 Å². The van der Waals surface area contributed by atoms with E-state index >= 15 is 0 Å². The number of hydrogen-bond acceptors (Lipinski definition) is 6. The minimum absolute atomic E-state index is 0.0445. The van der Waals surface area contributed by atoms with Crippen molar-refractivity contribution in [2.75, 3.05) is 18.1 Å². The Balaban J connectivity index is 2.58. The molecule has 0 atom stereocenters. The Morgan fingerprint density at radius 2 is 2.05 bits per heavy atom. The van der Waals surface area contributed by atoms with Gasteiger partial charge in [0.25, 0.3) is 0 Å². The van der Waals surface area contributed by atoms with E-state index in [9.17, 15) is 5.26 Å². The number of anilines is 2. The number of nitriles is 1. The molecule has 4 N–H and O–H groups in total. The summed E-state index contributed by atoms with van der Waals surface area (Å²) in [6.07, 6.45) is 0. The van der Waals surface area contributed by atoms with Gasteiger partial charge < -0.3 is 16.2 Å². The second kappa shape index (κ2) is 5.45. The Hall–Kier alpha value is -2.81. The highest BCUT2D eigenvalue weighted by molar-refractivity contribution is 5.74. The van der Waals surface area contributed by atoms with Gasteiger partial charge in [-0.15, -0.1) is 0 Å². The van der Waals surface area contributed by atoms with Crippen LogP contribution in [-0.2, 0) is 0 Å². The van der Waals surface area contributed by atoms with E-state index in [1.807, 2.05) is 38.1 Å². The third-order valence-corrected chi connectivity index (χ3v) is 2.81. The summed E-state index contributed by atoms with van der Waals surface area (Å²) >= 11 is 0. The minimum atomic E-state index is 0.0445. The van der Waals surface area contributed by atoms with Crippen molar-refractivity contribution in [3.63, 3.8) is 0 Å². The van der Waals surface area contributed by atoms with Crippen LogP contribution in [-0.4, -0.2) is 16.6 Å². The van der Waals surface area contributed by atoms with Crippen LogP contribution < -0.4 is 16.2 Å². The smallest absolute Gasteiger partial charge is 0.222 e. The average Bonchev–Trinajstić information content (AvgIpc) is 2.40. The number of ether oxygens (including phenoxy) is 1. The van der Waals surface area contributed by atoms with Crippen LogP contribution in [0.4, 0.5) is 11.8 Å². The van der Waals surface area contributed by atoms with Crippen molar-refractivity contribution < 1.29 is 4.74 Å². The fraction of sp³-hybridized carbons (Fsp3) is 0.214. The topological polar surface area (TPSA) is 111 Å². The van der Waals surface area contributed by atoms with Crippen molar-refractivity contribution in [1.82, 2.24) is 9.97 Å². The zero-order chi connectivity index (χ0) is 14.7. The van der Waals surface area contributed by atoms with Crippen molar-refractivity contribution in [3.8, 4) is 23.1 Å². The number of nitrogens with zero attached hydrogens (tertiary/aromatic N) is 3. The lowest BCUT2D eigenvalue weighted by molar-refractivity contribution is 0.338. The normalized spacial score (nSPS) is 10.1. The van der Waals surface area contributed by atoms with Crippen LogP contribution >= 0.6 is 0 Å².